The first-order valence-corrected chi connectivity index (χ1v) is 7.34. The molecule has 0 fully saturated rings. The van der Waals surface area contributed by atoms with Crippen LogP contribution in [0.15, 0.2) is 30.5 Å². The van der Waals surface area contributed by atoms with Crippen molar-refractivity contribution < 1.29 is 4.74 Å². The van der Waals surface area contributed by atoms with Gasteiger partial charge in [0.1, 0.15) is 5.01 Å². The van der Waals surface area contributed by atoms with Crippen molar-refractivity contribution in [3.63, 3.8) is 0 Å². The molecule has 1 aromatic carbocycles. The lowest BCUT2D eigenvalue weighted by molar-refractivity contribution is 0.185. The van der Waals surface area contributed by atoms with E-state index in [4.69, 9.17) is 4.74 Å². The third kappa shape index (κ3) is 4.42. The lowest BCUT2D eigenvalue weighted by atomic mass is 10.1. The van der Waals surface area contributed by atoms with Crippen LogP contribution in [0.3, 0.4) is 0 Å². The highest BCUT2D eigenvalue weighted by Crippen LogP contribution is 2.13. The zero-order valence-corrected chi connectivity index (χ0v) is 12.3. The molecule has 0 saturated carbocycles. The molecule has 0 aliphatic heterocycles. The topological polar surface area (TPSA) is 34.2 Å². The van der Waals surface area contributed by atoms with Crippen LogP contribution in [0.1, 0.15) is 27.9 Å². The maximum Gasteiger partial charge on any atom is 0.107 e. The van der Waals surface area contributed by atoms with Gasteiger partial charge in [-0.1, -0.05) is 31.2 Å². The minimum atomic E-state index is 0.667. The molecule has 2 aromatic rings. The van der Waals surface area contributed by atoms with Gasteiger partial charge in [-0.25, -0.2) is 4.98 Å². The summed E-state index contributed by atoms with van der Waals surface area (Å²) in [5.41, 5.74) is 2.49. The Morgan fingerprint density at radius 1 is 1.26 bits per heavy atom. The van der Waals surface area contributed by atoms with Gasteiger partial charge in [0.2, 0.25) is 0 Å². The third-order valence-electron chi connectivity index (χ3n) is 2.86. The Morgan fingerprint density at radius 2 is 2.11 bits per heavy atom. The number of thiazole rings is 1. The second-order valence-electron chi connectivity index (χ2n) is 4.43. The van der Waals surface area contributed by atoms with E-state index in [-0.39, 0.29) is 0 Å². The van der Waals surface area contributed by atoms with E-state index in [9.17, 15) is 0 Å². The van der Waals surface area contributed by atoms with Crippen LogP contribution in [-0.4, -0.2) is 12.1 Å². The minimum absolute atomic E-state index is 0.667. The summed E-state index contributed by atoms with van der Waals surface area (Å²) in [6.45, 7) is 4.52. The Hall–Kier alpha value is -1.23. The summed E-state index contributed by atoms with van der Waals surface area (Å²) in [5, 5.41) is 4.59. The van der Waals surface area contributed by atoms with E-state index < -0.39 is 0 Å². The molecule has 0 aliphatic carbocycles. The van der Waals surface area contributed by atoms with Gasteiger partial charge in [0, 0.05) is 31.3 Å². The molecule has 1 N–H and O–H groups in total. The van der Waals surface area contributed by atoms with Gasteiger partial charge in [-0.15, -0.1) is 11.3 Å². The van der Waals surface area contributed by atoms with Gasteiger partial charge in [0.15, 0.2) is 0 Å². The van der Waals surface area contributed by atoms with Gasteiger partial charge >= 0.3 is 0 Å². The number of benzene rings is 1. The molecule has 0 radical (unpaired) electrons. The fraction of sp³-hybridized carbons (Fsp3) is 0.400. The van der Waals surface area contributed by atoms with Crippen molar-refractivity contribution in [3.8, 4) is 0 Å². The van der Waals surface area contributed by atoms with Gasteiger partial charge in [-0.3, -0.25) is 0 Å². The molecule has 19 heavy (non-hydrogen) atoms. The van der Waals surface area contributed by atoms with Crippen LogP contribution < -0.4 is 5.32 Å². The molecule has 102 valence electrons. The molecule has 0 bridgehead atoms. The van der Waals surface area contributed by atoms with Crippen LogP contribution in [0.5, 0.6) is 0 Å². The Labute approximate surface area is 118 Å². The molecule has 0 atom stereocenters. The van der Waals surface area contributed by atoms with Crippen molar-refractivity contribution in [1.82, 2.24) is 10.3 Å². The van der Waals surface area contributed by atoms with Crippen LogP contribution in [0, 0.1) is 0 Å². The second-order valence-corrected chi connectivity index (χ2v) is 5.63. The quantitative estimate of drug-likeness (QED) is 0.843. The maximum absolute atomic E-state index is 5.14. The lowest BCUT2D eigenvalue weighted by Crippen LogP contribution is -2.12. The number of hydrogen-bond donors (Lipinski definition) is 1. The predicted molar refractivity (Wildman–Crippen MR) is 79.2 cm³/mol. The summed E-state index contributed by atoms with van der Waals surface area (Å²) in [6.07, 6.45) is 3.04. The second kappa shape index (κ2) is 7.38. The fourth-order valence-corrected chi connectivity index (χ4v) is 2.74. The van der Waals surface area contributed by atoms with E-state index in [1.165, 1.54) is 16.0 Å². The van der Waals surface area contributed by atoms with E-state index in [0.717, 1.165) is 24.5 Å². The van der Waals surface area contributed by atoms with Gasteiger partial charge in [-0.2, -0.15) is 0 Å². The highest BCUT2D eigenvalue weighted by atomic mass is 32.1. The van der Waals surface area contributed by atoms with E-state index in [1.54, 1.807) is 18.4 Å². The molecular formula is C15H20N2OS. The molecule has 0 unspecified atom stereocenters. The van der Waals surface area contributed by atoms with Crippen molar-refractivity contribution in [3.05, 3.63) is 51.5 Å². The molecule has 4 heteroatoms. The molecule has 0 aliphatic rings. The summed E-state index contributed by atoms with van der Waals surface area (Å²) in [5.74, 6) is 0. The molecule has 0 amide bonds. The molecule has 0 saturated heterocycles. The summed E-state index contributed by atoms with van der Waals surface area (Å²) < 4.78 is 5.14. The van der Waals surface area contributed by atoms with Crippen molar-refractivity contribution in [2.24, 2.45) is 0 Å². The zero-order chi connectivity index (χ0) is 13.5. The summed E-state index contributed by atoms with van der Waals surface area (Å²) >= 11 is 1.79. The number of aryl methyl sites for hydroxylation is 1. The number of ether oxygens (including phenoxy) is 1. The van der Waals surface area contributed by atoms with Crippen LogP contribution in [0.4, 0.5) is 0 Å². The van der Waals surface area contributed by atoms with Gasteiger partial charge < -0.3 is 10.1 Å². The Balaban J connectivity index is 1.83. The first kappa shape index (κ1) is 14.2. The van der Waals surface area contributed by atoms with E-state index >= 15 is 0 Å². The predicted octanol–water partition coefficient (Wildman–Crippen LogP) is 3.14. The average molecular weight is 276 g/mol. The molecule has 3 nitrogen and oxygen atoms in total. The maximum atomic E-state index is 5.14. The van der Waals surface area contributed by atoms with Gasteiger partial charge in [-0.05, 0) is 17.5 Å². The van der Waals surface area contributed by atoms with Gasteiger partial charge in [0.05, 0.1) is 6.61 Å². The third-order valence-corrected chi connectivity index (χ3v) is 4.00. The van der Waals surface area contributed by atoms with Crippen molar-refractivity contribution >= 4 is 11.3 Å². The molecule has 0 spiro atoms. The van der Waals surface area contributed by atoms with Crippen molar-refractivity contribution in [2.75, 3.05) is 7.11 Å². The Kier molecular flexibility index (Phi) is 5.51. The van der Waals surface area contributed by atoms with Crippen LogP contribution in [0.25, 0.3) is 0 Å². The standard InChI is InChI=1S/C15H20N2OS/c1-3-14-9-17-15(19-14)10-16-8-12-5-4-6-13(7-12)11-18-2/h4-7,9,16H,3,8,10-11H2,1-2H3. The number of methoxy groups -OCH3 is 1. The molecule has 1 heterocycles. The Morgan fingerprint density at radius 3 is 2.84 bits per heavy atom. The molecule has 2 rings (SSSR count). The van der Waals surface area contributed by atoms with Crippen LogP contribution in [-0.2, 0) is 30.9 Å². The zero-order valence-electron chi connectivity index (χ0n) is 11.5. The number of nitrogens with one attached hydrogen (secondary N) is 1. The first-order chi connectivity index (χ1) is 9.31. The van der Waals surface area contributed by atoms with E-state index in [0.29, 0.717) is 6.61 Å². The lowest BCUT2D eigenvalue weighted by Gasteiger charge is -2.05. The summed E-state index contributed by atoms with van der Waals surface area (Å²) in [6, 6.07) is 8.46. The fourth-order valence-electron chi connectivity index (χ4n) is 1.90. The number of hydrogen-bond acceptors (Lipinski definition) is 4. The smallest absolute Gasteiger partial charge is 0.107 e. The summed E-state index contributed by atoms with van der Waals surface area (Å²) in [4.78, 5) is 5.75. The highest BCUT2D eigenvalue weighted by molar-refractivity contribution is 7.11. The minimum Gasteiger partial charge on any atom is -0.380 e. The number of rotatable bonds is 7. The SMILES string of the molecule is CCc1cnc(CNCc2cccc(COC)c2)s1. The number of nitrogens with zero attached hydrogens (tertiary/aromatic N) is 1. The van der Waals surface area contributed by atoms with Gasteiger partial charge in [0.25, 0.3) is 0 Å². The normalized spacial score (nSPS) is 10.8. The van der Waals surface area contributed by atoms with Crippen molar-refractivity contribution in [1.29, 1.82) is 0 Å². The Bertz CT molecular complexity index is 510. The molecule has 1 aromatic heterocycles. The highest BCUT2D eigenvalue weighted by Gasteiger charge is 2.00. The van der Waals surface area contributed by atoms with Crippen molar-refractivity contribution in [2.45, 2.75) is 33.0 Å². The van der Waals surface area contributed by atoms with Crippen LogP contribution in [0.2, 0.25) is 0 Å². The van der Waals surface area contributed by atoms with E-state index in [1.807, 2.05) is 6.20 Å². The van der Waals surface area contributed by atoms with E-state index in [2.05, 4.69) is 41.5 Å². The largest absolute Gasteiger partial charge is 0.380 e. The average Bonchev–Trinajstić information content (AvgIpc) is 2.88. The number of aromatic nitrogens is 1. The monoisotopic (exact) mass is 276 g/mol. The molecular weight excluding hydrogens is 256 g/mol. The summed E-state index contributed by atoms with van der Waals surface area (Å²) in [7, 11) is 1.72. The first-order valence-electron chi connectivity index (χ1n) is 6.53. The van der Waals surface area contributed by atoms with Crippen LogP contribution >= 0.6 is 11.3 Å².